The third-order valence-corrected chi connectivity index (χ3v) is 5.09. The number of benzene rings is 2. The first-order valence-electron chi connectivity index (χ1n) is 8.17. The molecule has 24 heavy (non-hydrogen) atoms. The van der Waals surface area contributed by atoms with Crippen LogP contribution in [-0.2, 0) is 25.9 Å². The van der Waals surface area contributed by atoms with Crippen LogP contribution in [0.25, 0.3) is 0 Å². The standard InChI is InChI=1S/C20H20O4/c1-13-8-7-11-15-16(21)12-17-19(2,18(13)15)23-24-20(3,22-17)14-9-5-4-6-10-14/h4-11,17H,12H2,1-3H3/t17-,19-,20-/m0/s1. The molecular formula is C20H20O4. The van der Waals surface area contributed by atoms with E-state index >= 15 is 0 Å². The van der Waals surface area contributed by atoms with Crippen LogP contribution < -0.4 is 0 Å². The third-order valence-electron chi connectivity index (χ3n) is 5.09. The number of fused-ring (bicyclic) bond motifs is 3. The minimum absolute atomic E-state index is 0.0806. The fourth-order valence-corrected chi connectivity index (χ4v) is 3.76. The van der Waals surface area contributed by atoms with Crippen molar-refractivity contribution in [2.45, 2.75) is 44.7 Å². The van der Waals surface area contributed by atoms with E-state index in [4.69, 9.17) is 14.5 Å². The molecule has 0 saturated carbocycles. The summed E-state index contributed by atoms with van der Waals surface area (Å²) in [4.78, 5) is 24.3. The van der Waals surface area contributed by atoms with Gasteiger partial charge in [-0.1, -0.05) is 48.5 Å². The van der Waals surface area contributed by atoms with Gasteiger partial charge in [0.2, 0.25) is 5.79 Å². The Balaban J connectivity index is 1.77. The summed E-state index contributed by atoms with van der Waals surface area (Å²) < 4.78 is 6.28. The van der Waals surface area contributed by atoms with E-state index in [-0.39, 0.29) is 12.2 Å². The first-order chi connectivity index (χ1) is 11.4. The Kier molecular flexibility index (Phi) is 3.39. The number of Topliss-reactive ketones (excluding diaryl/α,β-unsaturated/α-hetero) is 1. The molecule has 0 radical (unpaired) electrons. The molecule has 1 saturated heterocycles. The highest BCUT2D eigenvalue weighted by Gasteiger charge is 2.55. The molecular weight excluding hydrogens is 304 g/mol. The van der Waals surface area contributed by atoms with Crippen molar-refractivity contribution in [1.29, 1.82) is 0 Å². The number of rotatable bonds is 1. The second-order valence-corrected chi connectivity index (χ2v) is 6.82. The molecule has 4 rings (SSSR count). The molecule has 0 amide bonds. The van der Waals surface area contributed by atoms with Gasteiger partial charge >= 0.3 is 0 Å². The minimum Gasteiger partial charge on any atom is -0.337 e. The predicted octanol–water partition coefficient (Wildman–Crippen LogP) is 4.02. The first-order valence-corrected chi connectivity index (χ1v) is 8.17. The summed E-state index contributed by atoms with van der Waals surface area (Å²) >= 11 is 0. The number of ketones is 1. The maximum absolute atomic E-state index is 12.6. The minimum atomic E-state index is -1.04. The summed E-state index contributed by atoms with van der Waals surface area (Å²) in [6.07, 6.45) is -0.129. The van der Waals surface area contributed by atoms with Crippen molar-refractivity contribution in [2.24, 2.45) is 0 Å². The van der Waals surface area contributed by atoms with Crippen molar-refractivity contribution in [1.82, 2.24) is 0 Å². The van der Waals surface area contributed by atoms with Crippen LogP contribution >= 0.6 is 0 Å². The molecule has 4 nitrogen and oxygen atoms in total. The predicted molar refractivity (Wildman–Crippen MR) is 88.3 cm³/mol. The van der Waals surface area contributed by atoms with Crippen molar-refractivity contribution >= 4 is 5.78 Å². The van der Waals surface area contributed by atoms with Crippen molar-refractivity contribution in [3.63, 3.8) is 0 Å². The van der Waals surface area contributed by atoms with Crippen LogP contribution in [0.1, 0.15) is 47.3 Å². The van der Waals surface area contributed by atoms with Crippen LogP contribution in [0.5, 0.6) is 0 Å². The lowest BCUT2D eigenvalue weighted by molar-refractivity contribution is -0.534. The van der Waals surface area contributed by atoms with Gasteiger partial charge in [-0.3, -0.25) is 4.79 Å². The molecule has 4 heteroatoms. The van der Waals surface area contributed by atoms with Crippen LogP contribution in [-0.4, -0.2) is 11.9 Å². The summed E-state index contributed by atoms with van der Waals surface area (Å²) in [5.41, 5.74) is 2.62. The molecule has 1 heterocycles. The summed E-state index contributed by atoms with van der Waals surface area (Å²) in [5, 5.41) is 0. The lowest BCUT2D eigenvalue weighted by Crippen LogP contribution is -2.56. The molecule has 1 aliphatic carbocycles. The lowest BCUT2D eigenvalue weighted by Gasteiger charge is -2.49. The summed E-state index contributed by atoms with van der Waals surface area (Å²) in [5.74, 6) is -0.955. The highest BCUT2D eigenvalue weighted by atomic mass is 17.2. The van der Waals surface area contributed by atoms with Gasteiger partial charge in [0.15, 0.2) is 11.4 Å². The van der Waals surface area contributed by atoms with Crippen molar-refractivity contribution < 1.29 is 19.3 Å². The quantitative estimate of drug-likeness (QED) is 0.743. The fraction of sp³-hybridized carbons (Fsp3) is 0.350. The Bertz CT molecular complexity index is 801. The van der Waals surface area contributed by atoms with Gasteiger partial charge in [0.25, 0.3) is 0 Å². The number of hydrogen-bond acceptors (Lipinski definition) is 4. The van der Waals surface area contributed by atoms with Crippen LogP contribution in [0.15, 0.2) is 48.5 Å². The van der Waals surface area contributed by atoms with E-state index in [1.165, 1.54) is 0 Å². The Morgan fingerprint density at radius 1 is 1.00 bits per heavy atom. The molecule has 0 unspecified atom stereocenters. The second-order valence-electron chi connectivity index (χ2n) is 6.82. The number of ether oxygens (including phenoxy) is 1. The van der Waals surface area contributed by atoms with Crippen LogP contribution in [0.3, 0.4) is 0 Å². The van der Waals surface area contributed by atoms with Crippen LogP contribution in [0, 0.1) is 6.92 Å². The molecule has 2 aromatic rings. The molecule has 0 aromatic heterocycles. The highest BCUT2D eigenvalue weighted by Crippen LogP contribution is 2.49. The Morgan fingerprint density at radius 3 is 2.50 bits per heavy atom. The van der Waals surface area contributed by atoms with E-state index in [2.05, 4.69) is 0 Å². The summed E-state index contributed by atoms with van der Waals surface area (Å²) in [6.45, 7) is 5.73. The Labute approximate surface area is 141 Å². The summed E-state index contributed by atoms with van der Waals surface area (Å²) in [6, 6.07) is 15.4. The zero-order valence-corrected chi connectivity index (χ0v) is 14.0. The highest BCUT2D eigenvalue weighted by molar-refractivity contribution is 6.00. The van der Waals surface area contributed by atoms with Crippen molar-refractivity contribution in [2.75, 3.05) is 0 Å². The van der Waals surface area contributed by atoms with Crippen LogP contribution in [0.2, 0.25) is 0 Å². The van der Waals surface area contributed by atoms with E-state index in [9.17, 15) is 4.79 Å². The van der Waals surface area contributed by atoms with E-state index in [1.54, 1.807) is 0 Å². The maximum Gasteiger partial charge on any atom is 0.225 e. The maximum atomic E-state index is 12.6. The van der Waals surface area contributed by atoms with Gasteiger partial charge in [-0.2, -0.15) is 4.89 Å². The van der Waals surface area contributed by atoms with E-state index in [0.717, 1.165) is 16.7 Å². The zero-order chi connectivity index (χ0) is 16.9. The zero-order valence-electron chi connectivity index (χ0n) is 14.0. The lowest BCUT2D eigenvalue weighted by atomic mass is 9.75. The Hall–Kier alpha value is -2.01. The van der Waals surface area contributed by atoms with Gasteiger partial charge in [-0.15, -0.1) is 0 Å². The second kappa shape index (κ2) is 5.24. The number of carbonyl (C=O) groups is 1. The normalized spacial score (nSPS) is 32.1. The van der Waals surface area contributed by atoms with Crippen molar-refractivity contribution in [3.8, 4) is 0 Å². The largest absolute Gasteiger partial charge is 0.337 e. The number of aryl methyl sites for hydroxylation is 1. The smallest absolute Gasteiger partial charge is 0.225 e. The molecule has 0 spiro atoms. The monoisotopic (exact) mass is 324 g/mol. The van der Waals surface area contributed by atoms with Crippen molar-refractivity contribution in [3.05, 3.63) is 70.8 Å². The van der Waals surface area contributed by atoms with Gasteiger partial charge in [0.1, 0.15) is 6.10 Å². The van der Waals surface area contributed by atoms with Gasteiger partial charge < -0.3 is 4.74 Å². The van der Waals surface area contributed by atoms with Gasteiger partial charge in [0, 0.05) is 23.1 Å². The number of hydrogen-bond donors (Lipinski definition) is 0. The topological polar surface area (TPSA) is 44.8 Å². The third kappa shape index (κ3) is 2.14. The molecule has 124 valence electrons. The molecule has 0 bridgehead atoms. The van der Waals surface area contributed by atoms with Gasteiger partial charge in [-0.25, -0.2) is 4.89 Å². The van der Waals surface area contributed by atoms with E-state index in [1.807, 2.05) is 69.3 Å². The van der Waals surface area contributed by atoms with Crippen LogP contribution in [0.4, 0.5) is 0 Å². The summed E-state index contributed by atoms with van der Waals surface area (Å²) in [7, 11) is 0. The van der Waals surface area contributed by atoms with E-state index < -0.39 is 17.5 Å². The molecule has 0 N–H and O–H groups in total. The number of carbonyl (C=O) groups excluding carboxylic acids is 1. The van der Waals surface area contributed by atoms with E-state index in [0.29, 0.717) is 5.56 Å². The molecule has 2 aromatic carbocycles. The van der Waals surface area contributed by atoms with Gasteiger partial charge in [0.05, 0.1) is 0 Å². The molecule has 1 aliphatic heterocycles. The molecule has 2 aliphatic rings. The average Bonchev–Trinajstić information content (AvgIpc) is 2.58. The molecule has 1 fully saturated rings. The first kappa shape index (κ1) is 15.5. The van der Waals surface area contributed by atoms with Gasteiger partial charge in [-0.05, 0) is 26.3 Å². The average molecular weight is 324 g/mol. The Morgan fingerprint density at radius 2 is 1.75 bits per heavy atom. The SMILES string of the molecule is Cc1cccc2c1[C@@]1(C)OO[C@@](C)(c3ccccc3)O[C@H]1CC2=O. The fourth-order valence-electron chi connectivity index (χ4n) is 3.76. The molecule has 3 atom stereocenters.